The summed E-state index contributed by atoms with van der Waals surface area (Å²) in [5, 5.41) is 11.9. The quantitative estimate of drug-likeness (QED) is 0.474. The Bertz CT molecular complexity index is 1030. The molecule has 0 bridgehead atoms. The Balaban J connectivity index is 1.49. The minimum atomic E-state index is -4.74. The molecule has 0 spiro atoms. The van der Waals surface area contributed by atoms with E-state index >= 15 is 0 Å². The van der Waals surface area contributed by atoms with Crippen LogP contribution < -0.4 is 4.74 Å². The average Bonchev–Trinajstić information content (AvgIpc) is 3.25. The highest BCUT2D eigenvalue weighted by molar-refractivity contribution is 7.98. The molecule has 0 N–H and O–H groups in total. The van der Waals surface area contributed by atoms with E-state index in [4.69, 9.17) is 4.42 Å². The van der Waals surface area contributed by atoms with E-state index in [1.54, 1.807) is 0 Å². The second-order valence-corrected chi connectivity index (χ2v) is 6.22. The number of thioether (sulfide) groups is 1. The molecule has 7 nitrogen and oxygen atoms in total. The molecular weight excluding hydrogens is 383 g/mol. The van der Waals surface area contributed by atoms with E-state index in [2.05, 4.69) is 25.2 Å². The van der Waals surface area contributed by atoms with Crippen LogP contribution in [0.25, 0.3) is 16.8 Å². The van der Waals surface area contributed by atoms with Crippen LogP contribution in [-0.2, 0) is 5.75 Å². The maximum atomic E-state index is 12.2. The van der Waals surface area contributed by atoms with E-state index < -0.39 is 6.36 Å². The van der Waals surface area contributed by atoms with Gasteiger partial charge in [0.2, 0.25) is 11.0 Å². The predicted octanol–water partition coefficient (Wildman–Crippen LogP) is 3.99. The Kier molecular flexibility index (Phi) is 4.44. The lowest BCUT2D eigenvalue weighted by Crippen LogP contribution is -2.17. The van der Waals surface area contributed by atoms with Gasteiger partial charge in [-0.3, -0.25) is 0 Å². The van der Waals surface area contributed by atoms with Crippen molar-refractivity contribution in [2.45, 2.75) is 17.3 Å². The van der Waals surface area contributed by atoms with Crippen molar-refractivity contribution in [2.75, 3.05) is 0 Å². The summed E-state index contributed by atoms with van der Waals surface area (Å²) in [7, 11) is 0. The highest BCUT2D eigenvalue weighted by Gasteiger charge is 2.31. The van der Waals surface area contributed by atoms with Gasteiger partial charge in [0.05, 0.1) is 11.4 Å². The van der Waals surface area contributed by atoms with Gasteiger partial charge in [-0.15, -0.1) is 18.3 Å². The van der Waals surface area contributed by atoms with Crippen molar-refractivity contribution < 1.29 is 22.3 Å². The first-order chi connectivity index (χ1) is 13.0. The van der Waals surface area contributed by atoms with Gasteiger partial charge >= 0.3 is 6.36 Å². The summed E-state index contributed by atoms with van der Waals surface area (Å²) in [6.45, 7) is 0. The van der Waals surface area contributed by atoms with Crippen LogP contribution in [0.3, 0.4) is 0 Å². The number of hydrogen-bond donors (Lipinski definition) is 0. The summed E-state index contributed by atoms with van der Waals surface area (Å²) >= 11 is 1.29. The third-order valence-corrected chi connectivity index (χ3v) is 4.32. The van der Waals surface area contributed by atoms with Crippen LogP contribution in [-0.4, -0.2) is 31.6 Å². The molecule has 4 rings (SSSR count). The number of rotatable bonds is 5. The van der Waals surface area contributed by atoms with Crippen molar-refractivity contribution >= 4 is 22.9 Å². The molecular formula is C16H10F3N5O2S. The van der Waals surface area contributed by atoms with Crippen molar-refractivity contribution in [1.82, 2.24) is 25.2 Å². The molecule has 0 aliphatic carbocycles. The average molecular weight is 393 g/mol. The number of ether oxygens (including phenoxy) is 1. The Morgan fingerprint density at radius 1 is 1.07 bits per heavy atom. The first-order valence-electron chi connectivity index (χ1n) is 7.60. The molecule has 0 amide bonds. The minimum absolute atomic E-state index is 0.319. The number of benzene rings is 2. The second kappa shape index (κ2) is 6.91. The zero-order chi connectivity index (χ0) is 18.9. The van der Waals surface area contributed by atoms with Crippen molar-refractivity contribution in [3.63, 3.8) is 0 Å². The van der Waals surface area contributed by atoms with E-state index in [1.165, 1.54) is 40.7 Å². The first kappa shape index (κ1) is 17.3. The van der Waals surface area contributed by atoms with Gasteiger partial charge in [-0.05, 0) is 46.8 Å². The van der Waals surface area contributed by atoms with E-state index in [0.717, 1.165) is 5.52 Å². The van der Waals surface area contributed by atoms with E-state index in [-0.39, 0.29) is 5.75 Å². The maximum Gasteiger partial charge on any atom is 0.573 e. The SMILES string of the molecule is FC(F)(F)Oc1ccc(-n2nnnc2SCc2nc3ccccc3o2)cc1. The van der Waals surface area contributed by atoms with Crippen molar-refractivity contribution in [3.8, 4) is 11.4 Å². The minimum Gasteiger partial charge on any atom is -0.440 e. The smallest absolute Gasteiger partial charge is 0.440 e. The third kappa shape index (κ3) is 4.03. The summed E-state index contributed by atoms with van der Waals surface area (Å²) < 4.78 is 47.6. The number of nitrogens with zero attached hydrogens (tertiary/aromatic N) is 5. The Labute approximate surface area is 154 Å². The monoisotopic (exact) mass is 393 g/mol. The highest BCUT2D eigenvalue weighted by Crippen LogP contribution is 2.27. The van der Waals surface area contributed by atoms with Gasteiger partial charge in [0, 0.05) is 0 Å². The van der Waals surface area contributed by atoms with Gasteiger partial charge in [0.25, 0.3) is 0 Å². The fraction of sp³-hybridized carbons (Fsp3) is 0.125. The summed E-state index contributed by atoms with van der Waals surface area (Å²) in [5.74, 6) is 0.592. The van der Waals surface area contributed by atoms with Gasteiger partial charge in [0.15, 0.2) is 5.58 Å². The molecule has 0 unspecified atom stereocenters. The molecule has 2 aromatic heterocycles. The fourth-order valence-corrected chi connectivity index (χ4v) is 3.06. The molecule has 11 heteroatoms. The molecule has 0 aliphatic rings. The number of hydrogen-bond acceptors (Lipinski definition) is 7. The zero-order valence-corrected chi connectivity index (χ0v) is 14.2. The Morgan fingerprint density at radius 2 is 1.85 bits per heavy atom. The van der Waals surface area contributed by atoms with Gasteiger partial charge in [0.1, 0.15) is 11.3 Å². The molecule has 0 radical (unpaired) electrons. The Hall–Kier alpha value is -3.08. The lowest BCUT2D eigenvalue weighted by molar-refractivity contribution is -0.274. The van der Waals surface area contributed by atoms with Crippen molar-refractivity contribution in [1.29, 1.82) is 0 Å². The lowest BCUT2D eigenvalue weighted by atomic mass is 10.3. The molecule has 2 aromatic carbocycles. The first-order valence-corrected chi connectivity index (χ1v) is 8.58. The van der Waals surface area contributed by atoms with Crippen LogP contribution in [0.1, 0.15) is 5.89 Å². The van der Waals surface area contributed by atoms with Crippen LogP contribution in [0.5, 0.6) is 5.75 Å². The number of tetrazole rings is 1. The highest BCUT2D eigenvalue weighted by atomic mass is 32.2. The van der Waals surface area contributed by atoms with Crippen LogP contribution in [0, 0.1) is 0 Å². The van der Waals surface area contributed by atoms with Gasteiger partial charge in [-0.25, -0.2) is 4.98 Å². The van der Waals surface area contributed by atoms with Crippen molar-refractivity contribution in [2.24, 2.45) is 0 Å². The molecule has 0 saturated heterocycles. The van der Waals surface area contributed by atoms with Crippen LogP contribution >= 0.6 is 11.8 Å². The fourth-order valence-electron chi connectivity index (χ4n) is 2.33. The summed E-state index contributed by atoms with van der Waals surface area (Å²) in [6, 6.07) is 12.7. The molecule has 0 saturated carbocycles. The Morgan fingerprint density at radius 3 is 2.59 bits per heavy atom. The molecule has 4 aromatic rings. The molecule has 0 atom stereocenters. The standard InChI is InChI=1S/C16H10F3N5O2S/c17-16(18,19)26-11-7-5-10(6-8-11)24-15(21-22-23-24)27-9-14-20-12-3-1-2-4-13(12)25-14/h1-8H,9H2. The third-order valence-electron chi connectivity index (χ3n) is 3.42. The van der Waals surface area contributed by atoms with Crippen LogP contribution in [0.4, 0.5) is 13.2 Å². The molecule has 0 fully saturated rings. The number of fused-ring (bicyclic) bond motifs is 1. The number of aromatic nitrogens is 5. The van der Waals surface area contributed by atoms with E-state index in [1.807, 2.05) is 24.3 Å². The van der Waals surface area contributed by atoms with Crippen LogP contribution in [0.2, 0.25) is 0 Å². The molecule has 2 heterocycles. The van der Waals surface area contributed by atoms with E-state index in [9.17, 15) is 13.2 Å². The van der Waals surface area contributed by atoms with Crippen molar-refractivity contribution in [3.05, 3.63) is 54.4 Å². The zero-order valence-electron chi connectivity index (χ0n) is 13.4. The number of halogens is 3. The topological polar surface area (TPSA) is 78.9 Å². The summed E-state index contributed by atoms with van der Waals surface area (Å²) in [4.78, 5) is 4.37. The van der Waals surface area contributed by atoms with E-state index in [0.29, 0.717) is 28.1 Å². The predicted molar refractivity (Wildman–Crippen MR) is 89.4 cm³/mol. The number of oxazole rings is 1. The van der Waals surface area contributed by atoms with Crippen LogP contribution in [0.15, 0.2) is 58.1 Å². The lowest BCUT2D eigenvalue weighted by Gasteiger charge is -2.09. The maximum absolute atomic E-state index is 12.2. The molecule has 27 heavy (non-hydrogen) atoms. The van der Waals surface area contributed by atoms with Gasteiger partial charge in [-0.1, -0.05) is 23.9 Å². The number of para-hydroxylation sites is 2. The molecule has 138 valence electrons. The molecule has 0 aliphatic heterocycles. The number of alkyl halides is 3. The normalized spacial score (nSPS) is 11.8. The second-order valence-electron chi connectivity index (χ2n) is 5.28. The van der Waals surface area contributed by atoms with Gasteiger partial charge < -0.3 is 9.15 Å². The summed E-state index contributed by atoms with van der Waals surface area (Å²) in [5.41, 5.74) is 1.94. The van der Waals surface area contributed by atoms with Gasteiger partial charge in [-0.2, -0.15) is 4.68 Å². The summed E-state index contributed by atoms with van der Waals surface area (Å²) in [6.07, 6.45) is -4.74. The largest absolute Gasteiger partial charge is 0.573 e.